The van der Waals surface area contributed by atoms with Gasteiger partial charge in [0, 0.05) is 41.5 Å². The Morgan fingerprint density at radius 1 is 0.946 bits per heavy atom. The van der Waals surface area contributed by atoms with Gasteiger partial charge in [0.2, 0.25) is 0 Å². The predicted octanol–water partition coefficient (Wildman–Crippen LogP) is 5.91. The summed E-state index contributed by atoms with van der Waals surface area (Å²) in [5, 5.41) is 11.2. The fourth-order valence-corrected chi connectivity index (χ4v) is 5.31. The average molecular weight is 495 g/mol. The Morgan fingerprint density at radius 3 is 2.24 bits per heavy atom. The van der Waals surface area contributed by atoms with Crippen molar-refractivity contribution in [3.63, 3.8) is 0 Å². The zero-order valence-electron chi connectivity index (χ0n) is 20.4. The Bertz CT molecular complexity index is 1390. The molecule has 0 saturated carbocycles. The molecule has 3 atom stereocenters. The van der Waals surface area contributed by atoms with Crippen LogP contribution in [-0.2, 0) is 20.9 Å². The normalized spacial score (nSPS) is 21.2. The smallest absolute Gasteiger partial charge is 0.315 e. The highest BCUT2D eigenvalue weighted by atomic mass is 16.6. The van der Waals surface area contributed by atoms with Gasteiger partial charge in [-0.3, -0.25) is 24.7 Å². The number of Topliss-reactive ketones (excluding diaryl/α,β-unsaturated/α-hetero) is 1. The maximum absolute atomic E-state index is 13.6. The molecule has 1 unspecified atom stereocenters. The summed E-state index contributed by atoms with van der Waals surface area (Å²) in [5.74, 6) is -1.96. The van der Waals surface area contributed by atoms with E-state index in [0.29, 0.717) is 35.4 Å². The van der Waals surface area contributed by atoms with Gasteiger partial charge in [-0.05, 0) is 36.0 Å². The lowest BCUT2D eigenvalue weighted by Crippen LogP contribution is -2.38. The van der Waals surface area contributed by atoms with Crippen LogP contribution in [0.4, 0.5) is 5.69 Å². The third kappa shape index (κ3) is 4.98. The number of esters is 1. The minimum atomic E-state index is -0.804. The van der Waals surface area contributed by atoms with E-state index >= 15 is 0 Å². The second kappa shape index (κ2) is 10.3. The highest BCUT2D eigenvalue weighted by molar-refractivity contribution is 6.09. The van der Waals surface area contributed by atoms with Crippen molar-refractivity contribution in [1.82, 2.24) is 0 Å². The number of rotatable bonds is 6. The summed E-state index contributed by atoms with van der Waals surface area (Å²) < 4.78 is 5.70. The molecule has 7 heteroatoms. The molecule has 0 spiro atoms. The molecular weight excluding hydrogens is 468 g/mol. The van der Waals surface area contributed by atoms with Crippen LogP contribution in [0.2, 0.25) is 0 Å². The molecule has 1 aliphatic heterocycles. The summed E-state index contributed by atoms with van der Waals surface area (Å²) in [7, 11) is 0. The van der Waals surface area contributed by atoms with E-state index in [4.69, 9.17) is 9.73 Å². The van der Waals surface area contributed by atoms with Gasteiger partial charge in [-0.15, -0.1) is 0 Å². The monoisotopic (exact) mass is 494 g/mol. The molecule has 3 aromatic rings. The summed E-state index contributed by atoms with van der Waals surface area (Å²) in [6, 6.07) is 25.3. The third-order valence-electron chi connectivity index (χ3n) is 7.10. The van der Waals surface area contributed by atoms with Gasteiger partial charge < -0.3 is 4.74 Å². The van der Waals surface area contributed by atoms with Crippen LogP contribution in [0.1, 0.15) is 48.3 Å². The molecule has 1 aliphatic carbocycles. The van der Waals surface area contributed by atoms with Crippen molar-refractivity contribution in [2.24, 2.45) is 10.9 Å². The first-order chi connectivity index (χ1) is 17.9. The van der Waals surface area contributed by atoms with Gasteiger partial charge in [-0.1, -0.05) is 72.8 Å². The van der Waals surface area contributed by atoms with Crippen LogP contribution in [0.15, 0.2) is 101 Å². The summed E-state index contributed by atoms with van der Waals surface area (Å²) in [6.45, 7) is 1.89. The number of ketones is 1. The van der Waals surface area contributed by atoms with E-state index in [1.54, 1.807) is 19.1 Å². The lowest BCUT2D eigenvalue weighted by Gasteiger charge is -2.36. The first-order valence-electron chi connectivity index (χ1n) is 12.2. The van der Waals surface area contributed by atoms with Crippen LogP contribution < -0.4 is 0 Å². The van der Waals surface area contributed by atoms with Gasteiger partial charge in [-0.25, -0.2) is 0 Å². The van der Waals surface area contributed by atoms with Crippen molar-refractivity contribution < 1.29 is 19.2 Å². The number of non-ortho nitro benzene ring substituents is 1. The number of nitro groups is 1. The van der Waals surface area contributed by atoms with Gasteiger partial charge >= 0.3 is 5.97 Å². The number of aliphatic imine (C=N–C) groups is 1. The van der Waals surface area contributed by atoms with Crippen molar-refractivity contribution in [2.75, 3.05) is 0 Å². The minimum Gasteiger partial charge on any atom is -0.460 e. The first kappa shape index (κ1) is 24.3. The lowest BCUT2D eigenvalue weighted by atomic mass is 9.69. The highest BCUT2D eigenvalue weighted by Gasteiger charge is 2.44. The first-order valence-corrected chi connectivity index (χ1v) is 12.2. The number of hydrogen-bond acceptors (Lipinski definition) is 6. The van der Waals surface area contributed by atoms with Crippen molar-refractivity contribution in [3.8, 4) is 0 Å². The van der Waals surface area contributed by atoms with E-state index in [2.05, 4.69) is 0 Å². The van der Waals surface area contributed by atoms with Crippen LogP contribution in [0.25, 0.3) is 0 Å². The molecule has 0 amide bonds. The van der Waals surface area contributed by atoms with E-state index < -0.39 is 22.7 Å². The maximum Gasteiger partial charge on any atom is 0.315 e. The zero-order chi connectivity index (χ0) is 25.9. The number of carbonyl (C=O) groups excluding carboxylic acids is 2. The number of nitro benzene ring substituents is 1. The second-order valence-corrected chi connectivity index (χ2v) is 9.45. The van der Waals surface area contributed by atoms with Crippen LogP contribution in [-0.4, -0.2) is 22.4 Å². The Kier molecular flexibility index (Phi) is 6.77. The van der Waals surface area contributed by atoms with Gasteiger partial charge in [0.15, 0.2) is 5.78 Å². The Labute approximate surface area is 214 Å². The van der Waals surface area contributed by atoms with Gasteiger partial charge in [0.1, 0.15) is 12.5 Å². The van der Waals surface area contributed by atoms with Crippen LogP contribution in [0, 0.1) is 16.0 Å². The number of carbonyl (C=O) groups is 2. The van der Waals surface area contributed by atoms with E-state index in [0.717, 1.165) is 11.1 Å². The van der Waals surface area contributed by atoms with E-state index in [1.807, 2.05) is 60.7 Å². The van der Waals surface area contributed by atoms with Gasteiger partial charge in [0.05, 0.1) is 4.92 Å². The molecule has 0 bridgehead atoms. The molecular formula is C30H26N2O5. The van der Waals surface area contributed by atoms with Crippen LogP contribution in [0.3, 0.4) is 0 Å². The fourth-order valence-electron chi connectivity index (χ4n) is 5.31. The topological polar surface area (TPSA) is 98.9 Å². The number of hydrogen-bond donors (Lipinski definition) is 0. The Morgan fingerprint density at radius 2 is 1.59 bits per heavy atom. The van der Waals surface area contributed by atoms with E-state index in [9.17, 15) is 19.7 Å². The molecule has 0 saturated heterocycles. The predicted molar refractivity (Wildman–Crippen MR) is 139 cm³/mol. The summed E-state index contributed by atoms with van der Waals surface area (Å²) in [4.78, 5) is 42.6. The van der Waals surface area contributed by atoms with Crippen molar-refractivity contribution in [3.05, 3.63) is 123 Å². The largest absolute Gasteiger partial charge is 0.460 e. The lowest BCUT2D eigenvalue weighted by molar-refractivity contribution is -0.384. The highest BCUT2D eigenvalue weighted by Crippen LogP contribution is 2.47. The quantitative estimate of drug-likeness (QED) is 0.241. The number of allylic oxidation sites excluding steroid dienone is 2. The van der Waals surface area contributed by atoms with E-state index in [-0.39, 0.29) is 24.0 Å². The number of benzene rings is 3. The van der Waals surface area contributed by atoms with Crippen molar-refractivity contribution >= 4 is 23.2 Å². The standard InChI is InChI=1S/C30H26N2O5/c1-19-27(30(34)37-18-20-8-4-2-5-9-20)28(22-12-14-24(15-13-22)32(35)36)29-25(31-19)16-23(17-26(29)33)21-10-6-3-7-11-21/h2-15,23,27-28H,16-18H2,1H3/t23-,27?,28-/m0/s1. The van der Waals surface area contributed by atoms with Crippen LogP contribution >= 0.6 is 0 Å². The molecule has 1 heterocycles. The summed E-state index contributed by atoms with van der Waals surface area (Å²) in [5.41, 5.74) is 4.29. The van der Waals surface area contributed by atoms with E-state index in [1.165, 1.54) is 12.1 Å². The molecule has 3 aromatic carbocycles. The van der Waals surface area contributed by atoms with Gasteiger partial charge in [0.25, 0.3) is 5.69 Å². The number of ether oxygens (including phenoxy) is 1. The molecule has 2 aliphatic rings. The molecule has 37 heavy (non-hydrogen) atoms. The summed E-state index contributed by atoms with van der Waals surface area (Å²) >= 11 is 0. The SMILES string of the molecule is CC1=NC2=C(C(=O)C[C@@H](c3ccccc3)C2)[C@@H](c2ccc([N+](=O)[O-])cc2)C1C(=O)OCc1ccccc1. The molecule has 0 fully saturated rings. The maximum atomic E-state index is 13.6. The third-order valence-corrected chi connectivity index (χ3v) is 7.10. The van der Waals surface area contributed by atoms with Gasteiger partial charge in [-0.2, -0.15) is 0 Å². The zero-order valence-corrected chi connectivity index (χ0v) is 20.4. The van der Waals surface area contributed by atoms with Crippen molar-refractivity contribution in [1.29, 1.82) is 0 Å². The molecule has 186 valence electrons. The molecule has 0 N–H and O–H groups in total. The van der Waals surface area contributed by atoms with Crippen LogP contribution in [0.5, 0.6) is 0 Å². The fraction of sp³-hybridized carbons (Fsp3) is 0.233. The Hall–Kier alpha value is -4.39. The molecule has 5 rings (SSSR count). The van der Waals surface area contributed by atoms with Crippen molar-refractivity contribution in [2.45, 2.75) is 38.2 Å². The molecule has 0 radical (unpaired) electrons. The second-order valence-electron chi connectivity index (χ2n) is 9.45. The average Bonchev–Trinajstić information content (AvgIpc) is 2.92. The minimum absolute atomic E-state index is 0.00286. The molecule has 0 aromatic heterocycles. The summed E-state index contributed by atoms with van der Waals surface area (Å²) in [6.07, 6.45) is 0.893. The molecule has 7 nitrogen and oxygen atoms in total. The number of nitrogens with zero attached hydrogens (tertiary/aromatic N) is 2. The Balaban J connectivity index is 1.52.